The number of carbonyl (C=O) groups excluding carboxylic acids is 4. The van der Waals surface area contributed by atoms with Crippen LogP contribution in [0.25, 0.3) is 0 Å². The van der Waals surface area contributed by atoms with Crippen molar-refractivity contribution in [3.8, 4) is 0 Å². The van der Waals surface area contributed by atoms with Crippen molar-refractivity contribution in [1.29, 1.82) is 0 Å². The van der Waals surface area contributed by atoms with E-state index < -0.39 is 6.61 Å². The standard InChI is InChI=1S/C21H32O4.C21H32O3/c1-20-8-7-13(23)9-12(20)3-4-14-15-5-6-16(18(25)11-22)21(15,2)10-17(24)19(14)20;1-12(22)16-6-7-17-15-5-4-13-10-14(23)8-9-20(13,2)19(15)18(24)11-21(16,17)3/h12-16,19,22-23H,3-11H2,1-2H3;13-17,19,23H,4-11H2,1-3H3/t12-,13+,14-,15-,16+,19+,20-,21-;13-,14+,15-,16+,17-,19+,20-,21+/m00/s1. The normalized spacial score (nSPS) is 53.1. The maximum Gasteiger partial charge on any atom is 0.161 e. The van der Waals surface area contributed by atoms with E-state index in [-0.39, 0.29) is 69.1 Å². The van der Waals surface area contributed by atoms with Gasteiger partial charge in [-0.25, -0.2) is 0 Å². The number of carbonyl (C=O) groups is 4. The summed E-state index contributed by atoms with van der Waals surface area (Å²) in [6, 6.07) is 0. The molecule has 0 unspecified atom stereocenters. The van der Waals surface area contributed by atoms with Crippen LogP contribution in [0.5, 0.6) is 0 Å². The molecule has 49 heavy (non-hydrogen) atoms. The number of ketones is 4. The minimum atomic E-state index is -0.396. The SMILES string of the molecule is CC(=O)[C@H]1CC[C@H]2[C@@H]3CC[C@H]4C[C@H](O)CC[C@]4(C)[C@H]3C(=O)C[C@]12C.C[C@]12CC[C@@H](O)C[C@@H]1CC[C@H]1[C@@H]3CC[C@H](C(=O)CO)[C@@]3(C)CC(=O)[C@@H]12. The highest BCUT2D eigenvalue weighted by atomic mass is 16.3. The van der Waals surface area contributed by atoms with Crippen molar-refractivity contribution in [3.05, 3.63) is 0 Å². The number of hydrogen-bond donors (Lipinski definition) is 3. The van der Waals surface area contributed by atoms with Crippen LogP contribution in [0, 0.1) is 80.8 Å². The first-order valence-electron chi connectivity index (χ1n) is 20.1. The van der Waals surface area contributed by atoms with Crippen molar-refractivity contribution in [2.75, 3.05) is 6.61 Å². The molecule has 8 rings (SSSR count). The zero-order valence-corrected chi connectivity index (χ0v) is 30.9. The first-order valence-corrected chi connectivity index (χ1v) is 20.1. The van der Waals surface area contributed by atoms with Gasteiger partial charge in [0, 0.05) is 36.5 Å². The van der Waals surface area contributed by atoms with Crippen molar-refractivity contribution >= 4 is 23.1 Å². The minimum absolute atomic E-state index is 0.0274. The summed E-state index contributed by atoms with van der Waals surface area (Å²) in [7, 11) is 0. The summed E-state index contributed by atoms with van der Waals surface area (Å²) in [5.74, 6) is 4.01. The van der Waals surface area contributed by atoms with Gasteiger partial charge in [-0.2, -0.15) is 0 Å². The predicted molar refractivity (Wildman–Crippen MR) is 186 cm³/mol. The van der Waals surface area contributed by atoms with Gasteiger partial charge < -0.3 is 15.3 Å². The molecule has 0 saturated heterocycles. The molecule has 8 fully saturated rings. The van der Waals surface area contributed by atoms with E-state index in [0.717, 1.165) is 89.9 Å². The Kier molecular flexibility index (Phi) is 9.25. The molecule has 0 heterocycles. The average molecular weight is 681 g/mol. The van der Waals surface area contributed by atoms with E-state index in [1.54, 1.807) is 6.92 Å². The average Bonchev–Trinajstić information content (AvgIpc) is 3.57. The summed E-state index contributed by atoms with van der Waals surface area (Å²) in [6.07, 6.45) is 14.5. The smallest absolute Gasteiger partial charge is 0.161 e. The molecule has 8 saturated carbocycles. The Labute approximate surface area is 294 Å². The predicted octanol–water partition coefficient (Wildman–Crippen LogP) is 6.52. The Hall–Kier alpha value is -1.44. The molecule has 0 aromatic heterocycles. The second-order valence-electron chi connectivity index (χ2n) is 19.7. The number of Topliss-reactive ketones (excluding diaryl/α,β-unsaturated/α-hetero) is 4. The molecule has 0 aromatic carbocycles. The molecule has 0 spiro atoms. The summed E-state index contributed by atoms with van der Waals surface area (Å²) in [6.45, 7) is 10.3. The summed E-state index contributed by atoms with van der Waals surface area (Å²) in [5.41, 5.74) is -0.245. The van der Waals surface area contributed by atoms with Gasteiger partial charge in [-0.1, -0.05) is 27.7 Å². The van der Waals surface area contributed by atoms with Crippen molar-refractivity contribution in [1.82, 2.24) is 0 Å². The zero-order chi connectivity index (χ0) is 35.3. The van der Waals surface area contributed by atoms with E-state index in [4.69, 9.17) is 0 Å². The second kappa shape index (κ2) is 12.6. The summed E-state index contributed by atoms with van der Waals surface area (Å²) in [5, 5.41) is 29.5. The summed E-state index contributed by atoms with van der Waals surface area (Å²) >= 11 is 0. The summed E-state index contributed by atoms with van der Waals surface area (Å²) < 4.78 is 0. The molecule has 0 aromatic rings. The molecular formula is C42H64O7. The van der Waals surface area contributed by atoms with Crippen molar-refractivity contribution < 1.29 is 34.5 Å². The lowest BCUT2D eigenvalue weighted by Gasteiger charge is -2.59. The molecule has 0 bridgehead atoms. The first-order chi connectivity index (χ1) is 23.1. The van der Waals surface area contributed by atoms with E-state index in [0.29, 0.717) is 59.9 Å². The van der Waals surface area contributed by atoms with Gasteiger partial charge in [-0.05, 0) is 154 Å². The molecule has 274 valence electrons. The molecule has 0 radical (unpaired) electrons. The lowest BCUT2D eigenvalue weighted by atomic mass is 9.44. The Morgan fingerprint density at radius 2 is 1.04 bits per heavy atom. The van der Waals surface area contributed by atoms with Crippen molar-refractivity contribution in [2.24, 2.45) is 80.8 Å². The molecule has 8 aliphatic rings. The highest BCUT2D eigenvalue weighted by Crippen LogP contribution is 2.68. The number of aliphatic hydroxyl groups is 3. The highest BCUT2D eigenvalue weighted by Gasteiger charge is 2.65. The Bertz CT molecular complexity index is 1360. The largest absolute Gasteiger partial charge is 0.393 e. The first kappa shape index (κ1) is 35.9. The zero-order valence-electron chi connectivity index (χ0n) is 30.9. The topological polar surface area (TPSA) is 129 Å². The van der Waals surface area contributed by atoms with Crippen LogP contribution in [-0.2, 0) is 19.2 Å². The fourth-order valence-corrected chi connectivity index (χ4v) is 15.4. The molecule has 0 aliphatic heterocycles. The third-order valence-electron chi connectivity index (χ3n) is 17.7. The Morgan fingerprint density at radius 3 is 1.47 bits per heavy atom. The van der Waals surface area contributed by atoms with Crippen LogP contribution in [0.3, 0.4) is 0 Å². The molecule has 0 amide bonds. The number of fused-ring (bicyclic) bond motifs is 10. The summed E-state index contributed by atoms with van der Waals surface area (Å²) in [4.78, 5) is 51.1. The van der Waals surface area contributed by atoms with Gasteiger partial charge in [0.1, 0.15) is 24.0 Å². The molecular weight excluding hydrogens is 616 g/mol. The lowest BCUT2D eigenvalue weighted by Crippen LogP contribution is -2.58. The number of hydrogen-bond acceptors (Lipinski definition) is 7. The Balaban J connectivity index is 0.000000154. The molecule has 8 aliphatic carbocycles. The lowest BCUT2D eigenvalue weighted by molar-refractivity contribution is -0.163. The van der Waals surface area contributed by atoms with Gasteiger partial charge in [0.15, 0.2) is 5.78 Å². The van der Waals surface area contributed by atoms with Gasteiger partial charge in [-0.15, -0.1) is 0 Å². The fraction of sp³-hybridized carbons (Fsp3) is 0.905. The van der Waals surface area contributed by atoms with Gasteiger partial charge in [0.05, 0.1) is 12.2 Å². The van der Waals surface area contributed by atoms with Crippen LogP contribution >= 0.6 is 0 Å². The van der Waals surface area contributed by atoms with Crippen LogP contribution < -0.4 is 0 Å². The fourth-order valence-electron chi connectivity index (χ4n) is 15.4. The number of rotatable bonds is 3. The third kappa shape index (κ3) is 5.42. The molecule has 16 atom stereocenters. The van der Waals surface area contributed by atoms with E-state index in [1.807, 2.05) is 0 Å². The highest BCUT2D eigenvalue weighted by molar-refractivity contribution is 5.88. The van der Waals surface area contributed by atoms with E-state index >= 15 is 0 Å². The van der Waals surface area contributed by atoms with Gasteiger partial charge in [0.25, 0.3) is 0 Å². The van der Waals surface area contributed by atoms with Crippen LogP contribution in [0.15, 0.2) is 0 Å². The minimum Gasteiger partial charge on any atom is -0.393 e. The van der Waals surface area contributed by atoms with Gasteiger partial charge in [0.2, 0.25) is 0 Å². The molecule has 7 nitrogen and oxygen atoms in total. The van der Waals surface area contributed by atoms with Crippen LogP contribution in [0.1, 0.15) is 137 Å². The maximum absolute atomic E-state index is 13.3. The van der Waals surface area contributed by atoms with E-state index in [9.17, 15) is 34.5 Å². The van der Waals surface area contributed by atoms with Crippen LogP contribution in [-0.4, -0.2) is 57.3 Å². The van der Waals surface area contributed by atoms with Crippen molar-refractivity contribution in [3.63, 3.8) is 0 Å². The van der Waals surface area contributed by atoms with Crippen molar-refractivity contribution in [2.45, 2.75) is 150 Å². The molecule has 7 heteroatoms. The number of aliphatic hydroxyl groups excluding tert-OH is 3. The van der Waals surface area contributed by atoms with E-state index in [1.165, 1.54) is 0 Å². The van der Waals surface area contributed by atoms with Crippen LogP contribution in [0.4, 0.5) is 0 Å². The monoisotopic (exact) mass is 680 g/mol. The van der Waals surface area contributed by atoms with Gasteiger partial charge in [-0.3, -0.25) is 19.2 Å². The second-order valence-corrected chi connectivity index (χ2v) is 19.7. The van der Waals surface area contributed by atoms with E-state index in [2.05, 4.69) is 27.7 Å². The van der Waals surface area contributed by atoms with Gasteiger partial charge >= 0.3 is 0 Å². The maximum atomic E-state index is 13.3. The third-order valence-corrected chi connectivity index (χ3v) is 17.7. The quantitative estimate of drug-likeness (QED) is 0.310. The Morgan fingerprint density at radius 1 is 0.612 bits per heavy atom. The van der Waals surface area contributed by atoms with Crippen LogP contribution in [0.2, 0.25) is 0 Å². The molecule has 3 N–H and O–H groups in total.